The normalized spacial score (nSPS) is 12.8. The van der Waals surface area contributed by atoms with E-state index in [4.69, 9.17) is 4.74 Å². The molecule has 0 saturated heterocycles. The van der Waals surface area contributed by atoms with E-state index >= 15 is 0 Å². The Morgan fingerprint density at radius 2 is 2.11 bits per heavy atom. The Morgan fingerprint density at radius 3 is 2.56 bits per heavy atom. The molecule has 0 amide bonds. The second-order valence-corrected chi connectivity index (χ2v) is 4.65. The van der Waals surface area contributed by atoms with Crippen LogP contribution in [0.2, 0.25) is 0 Å². The zero-order valence-corrected chi connectivity index (χ0v) is 11.8. The molecule has 1 N–H and O–H groups in total. The number of rotatable bonds is 7. The molecule has 0 bridgehead atoms. The van der Waals surface area contributed by atoms with Crippen molar-refractivity contribution < 1.29 is 9.84 Å². The Kier molecular flexibility index (Phi) is 6.09. The highest BCUT2D eigenvalue weighted by molar-refractivity contribution is 5.45. The molecule has 0 spiro atoms. The lowest BCUT2D eigenvalue weighted by molar-refractivity contribution is 0.169. The van der Waals surface area contributed by atoms with Gasteiger partial charge >= 0.3 is 0 Å². The summed E-state index contributed by atoms with van der Waals surface area (Å²) < 4.78 is 5.12. The number of methoxy groups -OCH3 is 1. The van der Waals surface area contributed by atoms with E-state index in [0.29, 0.717) is 19.1 Å². The maximum atomic E-state index is 9.71. The first-order valence-corrected chi connectivity index (χ1v) is 6.49. The Morgan fingerprint density at radius 1 is 1.39 bits per heavy atom. The molecule has 0 aliphatic carbocycles. The summed E-state index contributed by atoms with van der Waals surface area (Å²) >= 11 is 0. The molecular formula is C14H24N2O2. The maximum absolute atomic E-state index is 9.71. The standard InChI is InChI=1S/C14H24N2O2/c1-5-14(17)13-7-6-12(10-15-13)16(11(2)3)8-9-18-4/h6-7,10-11,14,17H,5,8-9H2,1-4H3. The predicted octanol–water partition coefficient (Wildman–Crippen LogP) is 2.39. The molecule has 4 nitrogen and oxygen atoms in total. The number of pyridine rings is 1. The van der Waals surface area contributed by atoms with E-state index in [2.05, 4.69) is 23.7 Å². The molecule has 0 aliphatic heterocycles. The molecule has 0 fully saturated rings. The van der Waals surface area contributed by atoms with Crippen LogP contribution in [0.1, 0.15) is 39.0 Å². The summed E-state index contributed by atoms with van der Waals surface area (Å²) in [5.41, 5.74) is 1.80. The quantitative estimate of drug-likeness (QED) is 0.809. The molecule has 1 heterocycles. The van der Waals surface area contributed by atoms with Crippen molar-refractivity contribution in [3.8, 4) is 0 Å². The van der Waals surface area contributed by atoms with Gasteiger partial charge in [0.25, 0.3) is 0 Å². The zero-order valence-electron chi connectivity index (χ0n) is 11.8. The van der Waals surface area contributed by atoms with E-state index in [0.717, 1.165) is 17.9 Å². The maximum Gasteiger partial charge on any atom is 0.0957 e. The minimum atomic E-state index is -0.467. The number of aliphatic hydroxyl groups is 1. The van der Waals surface area contributed by atoms with Crippen LogP contribution in [0.25, 0.3) is 0 Å². The number of hydrogen-bond acceptors (Lipinski definition) is 4. The number of nitrogens with zero attached hydrogens (tertiary/aromatic N) is 2. The molecule has 0 saturated carbocycles. The Hall–Kier alpha value is -1.13. The second kappa shape index (κ2) is 7.34. The summed E-state index contributed by atoms with van der Waals surface area (Å²) in [5.74, 6) is 0. The summed E-state index contributed by atoms with van der Waals surface area (Å²) in [5, 5.41) is 9.71. The van der Waals surface area contributed by atoms with Gasteiger partial charge in [-0.2, -0.15) is 0 Å². The van der Waals surface area contributed by atoms with Crippen LogP contribution in [0.4, 0.5) is 5.69 Å². The Labute approximate surface area is 110 Å². The van der Waals surface area contributed by atoms with Crippen molar-refractivity contribution in [3.05, 3.63) is 24.0 Å². The highest BCUT2D eigenvalue weighted by Crippen LogP contribution is 2.19. The summed E-state index contributed by atoms with van der Waals surface area (Å²) in [6.07, 6.45) is 2.04. The van der Waals surface area contributed by atoms with Gasteiger partial charge in [-0.3, -0.25) is 4.98 Å². The first kappa shape index (κ1) is 14.9. The number of hydrogen-bond donors (Lipinski definition) is 1. The van der Waals surface area contributed by atoms with Gasteiger partial charge in [0.2, 0.25) is 0 Å². The molecule has 4 heteroatoms. The minimum absolute atomic E-state index is 0.392. The molecule has 1 aromatic heterocycles. The van der Waals surface area contributed by atoms with Gasteiger partial charge in [0, 0.05) is 19.7 Å². The fourth-order valence-corrected chi connectivity index (χ4v) is 1.85. The predicted molar refractivity (Wildman–Crippen MR) is 73.8 cm³/mol. The fourth-order valence-electron chi connectivity index (χ4n) is 1.85. The summed E-state index contributed by atoms with van der Waals surface area (Å²) in [6.45, 7) is 7.76. The van der Waals surface area contributed by atoms with Gasteiger partial charge in [0.1, 0.15) is 0 Å². The summed E-state index contributed by atoms with van der Waals surface area (Å²) in [6, 6.07) is 4.30. The van der Waals surface area contributed by atoms with Crippen molar-refractivity contribution in [1.82, 2.24) is 4.98 Å². The molecule has 0 radical (unpaired) electrons. The largest absolute Gasteiger partial charge is 0.387 e. The van der Waals surface area contributed by atoms with Crippen LogP contribution in [0.15, 0.2) is 18.3 Å². The van der Waals surface area contributed by atoms with Gasteiger partial charge in [-0.15, -0.1) is 0 Å². The van der Waals surface area contributed by atoms with Crippen LogP contribution in [0.5, 0.6) is 0 Å². The van der Waals surface area contributed by atoms with Crippen molar-refractivity contribution in [2.75, 3.05) is 25.2 Å². The van der Waals surface area contributed by atoms with Gasteiger partial charge in [-0.1, -0.05) is 6.92 Å². The molecule has 1 rings (SSSR count). The van der Waals surface area contributed by atoms with Crippen LogP contribution < -0.4 is 4.90 Å². The number of ether oxygens (including phenoxy) is 1. The number of aliphatic hydroxyl groups excluding tert-OH is 1. The lowest BCUT2D eigenvalue weighted by Crippen LogP contribution is -2.33. The first-order valence-electron chi connectivity index (χ1n) is 6.49. The lowest BCUT2D eigenvalue weighted by atomic mass is 10.1. The van der Waals surface area contributed by atoms with E-state index in [9.17, 15) is 5.11 Å². The average molecular weight is 252 g/mol. The molecule has 1 atom stereocenters. The summed E-state index contributed by atoms with van der Waals surface area (Å²) in [7, 11) is 1.71. The van der Waals surface area contributed by atoms with Crippen molar-refractivity contribution in [3.63, 3.8) is 0 Å². The fraction of sp³-hybridized carbons (Fsp3) is 0.643. The SMILES string of the molecule is CCC(O)c1ccc(N(CCOC)C(C)C)cn1. The molecule has 1 unspecified atom stereocenters. The zero-order chi connectivity index (χ0) is 13.5. The molecule has 0 aliphatic rings. The lowest BCUT2D eigenvalue weighted by Gasteiger charge is -2.28. The third kappa shape index (κ3) is 3.96. The topological polar surface area (TPSA) is 45.6 Å². The number of aromatic nitrogens is 1. The van der Waals surface area contributed by atoms with Gasteiger partial charge in [-0.05, 0) is 32.4 Å². The van der Waals surface area contributed by atoms with Crippen molar-refractivity contribution in [2.24, 2.45) is 0 Å². The molecule has 1 aromatic rings. The molecule has 102 valence electrons. The third-order valence-electron chi connectivity index (χ3n) is 2.99. The van der Waals surface area contributed by atoms with Crippen molar-refractivity contribution in [2.45, 2.75) is 39.3 Å². The van der Waals surface area contributed by atoms with E-state index in [1.165, 1.54) is 0 Å². The average Bonchev–Trinajstić information content (AvgIpc) is 2.38. The third-order valence-corrected chi connectivity index (χ3v) is 2.99. The number of anilines is 1. The van der Waals surface area contributed by atoms with Crippen LogP contribution in [0, 0.1) is 0 Å². The Balaban J connectivity index is 2.80. The smallest absolute Gasteiger partial charge is 0.0957 e. The highest BCUT2D eigenvalue weighted by Gasteiger charge is 2.12. The minimum Gasteiger partial charge on any atom is -0.387 e. The Bertz CT molecular complexity index is 338. The monoisotopic (exact) mass is 252 g/mol. The van der Waals surface area contributed by atoms with Crippen LogP contribution in [-0.2, 0) is 4.74 Å². The van der Waals surface area contributed by atoms with Gasteiger partial charge in [-0.25, -0.2) is 0 Å². The molecular weight excluding hydrogens is 228 g/mol. The first-order chi connectivity index (χ1) is 8.60. The van der Waals surface area contributed by atoms with Crippen LogP contribution in [-0.4, -0.2) is 36.4 Å². The van der Waals surface area contributed by atoms with Gasteiger partial charge in [0.15, 0.2) is 0 Å². The van der Waals surface area contributed by atoms with Crippen LogP contribution in [0.3, 0.4) is 0 Å². The molecule has 0 aromatic carbocycles. The van der Waals surface area contributed by atoms with Crippen LogP contribution >= 0.6 is 0 Å². The van der Waals surface area contributed by atoms with E-state index in [1.807, 2.05) is 25.3 Å². The van der Waals surface area contributed by atoms with E-state index < -0.39 is 6.10 Å². The highest BCUT2D eigenvalue weighted by atomic mass is 16.5. The van der Waals surface area contributed by atoms with Gasteiger partial charge < -0.3 is 14.7 Å². The van der Waals surface area contributed by atoms with E-state index in [-0.39, 0.29) is 0 Å². The van der Waals surface area contributed by atoms with Crippen molar-refractivity contribution >= 4 is 5.69 Å². The van der Waals surface area contributed by atoms with Crippen molar-refractivity contribution in [1.29, 1.82) is 0 Å². The van der Waals surface area contributed by atoms with E-state index in [1.54, 1.807) is 7.11 Å². The molecule has 18 heavy (non-hydrogen) atoms. The summed E-state index contributed by atoms with van der Waals surface area (Å²) in [4.78, 5) is 6.56. The second-order valence-electron chi connectivity index (χ2n) is 4.65. The van der Waals surface area contributed by atoms with Gasteiger partial charge in [0.05, 0.1) is 30.3 Å².